The van der Waals surface area contributed by atoms with E-state index >= 15 is 0 Å². The predicted molar refractivity (Wildman–Crippen MR) is 45.7 cm³/mol. The van der Waals surface area contributed by atoms with E-state index < -0.39 is 12.3 Å². The lowest BCUT2D eigenvalue weighted by Gasteiger charge is -2.42. The Morgan fingerprint density at radius 1 is 1.58 bits per heavy atom. The molecule has 12 heavy (non-hydrogen) atoms. The molecule has 1 aliphatic heterocycles. The second kappa shape index (κ2) is 4.39. The van der Waals surface area contributed by atoms with Gasteiger partial charge in [-0.15, -0.1) is 0 Å². The molecule has 0 radical (unpaired) electrons. The largest absolute Gasteiger partial charge is 0.314 e. The molecule has 0 saturated carbocycles. The summed E-state index contributed by atoms with van der Waals surface area (Å²) in [5.41, 5.74) is -1.57. The van der Waals surface area contributed by atoms with Crippen LogP contribution in [0.3, 0.4) is 0 Å². The third-order valence-corrected chi connectivity index (χ3v) is 2.26. The van der Waals surface area contributed by atoms with E-state index in [1.807, 2.05) is 11.2 Å². The van der Waals surface area contributed by atoms with E-state index in [-0.39, 0.29) is 13.1 Å². The van der Waals surface area contributed by atoms with Crippen molar-refractivity contribution in [1.82, 2.24) is 4.90 Å². The maximum Gasteiger partial charge on any atom is 0.164 e. The molecular formula is C7H13F2NOS. The summed E-state index contributed by atoms with van der Waals surface area (Å²) in [7, 11) is 0. The van der Waals surface area contributed by atoms with Crippen LogP contribution in [0.2, 0.25) is 0 Å². The molecule has 0 aromatic carbocycles. The standard InChI is InChI=1S/C7H13F2NOS/c1-12-11-3-2-10-5-7(9,4-8)6-10/h2-6H2,1H3. The summed E-state index contributed by atoms with van der Waals surface area (Å²) in [6.07, 6.45) is 1.83. The number of hydrogen-bond acceptors (Lipinski definition) is 3. The summed E-state index contributed by atoms with van der Waals surface area (Å²) < 4.78 is 29.9. The molecule has 0 unspecified atom stereocenters. The van der Waals surface area contributed by atoms with Gasteiger partial charge in [-0.05, 0) is 12.0 Å². The number of alkyl halides is 2. The Bertz CT molecular complexity index is 141. The van der Waals surface area contributed by atoms with Crippen molar-refractivity contribution >= 4 is 12.0 Å². The molecule has 0 spiro atoms. The van der Waals surface area contributed by atoms with Gasteiger partial charge in [-0.2, -0.15) is 0 Å². The minimum atomic E-state index is -1.57. The Morgan fingerprint density at radius 3 is 2.75 bits per heavy atom. The number of hydrogen-bond donors (Lipinski definition) is 0. The van der Waals surface area contributed by atoms with E-state index in [0.29, 0.717) is 13.2 Å². The van der Waals surface area contributed by atoms with E-state index in [2.05, 4.69) is 0 Å². The summed E-state index contributed by atoms with van der Waals surface area (Å²) in [5, 5.41) is 0. The van der Waals surface area contributed by atoms with Crippen LogP contribution in [-0.2, 0) is 4.18 Å². The maximum atomic E-state index is 12.9. The van der Waals surface area contributed by atoms with Crippen molar-refractivity contribution in [3.05, 3.63) is 0 Å². The van der Waals surface area contributed by atoms with Crippen molar-refractivity contribution in [3.8, 4) is 0 Å². The number of nitrogens with zero attached hydrogens (tertiary/aromatic N) is 1. The van der Waals surface area contributed by atoms with Crippen LogP contribution in [0.4, 0.5) is 8.78 Å². The average Bonchev–Trinajstić information content (AvgIpc) is 2.01. The summed E-state index contributed by atoms with van der Waals surface area (Å²) in [4.78, 5) is 1.84. The summed E-state index contributed by atoms with van der Waals surface area (Å²) in [6, 6.07) is 0. The van der Waals surface area contributed by atoms with E-state index in [1.165, 1.54) is 12.0 Å². The Labute approximate surface area is 75.5 Å². The molecule has 0 aromatic rings. The first kappa shape index (κ1) is 10.2. The van der Waals surface area contributed by atoms with E-state index in [4.69, 9.17) is 4.18 Å². The molecule has 1 aliphatic rings. The van der Waals surface area contributed by atoms with Gasteiger partial charge >= 0.3 is 0 Å². The molecule has 0 N–H and O–H groups in total. The molecule has 0 aliphatic carbocycles. The fraction of sp³-hybridized carbons (Fsp3) is 1.00. The van der Waals surface area contributed by atoms with Gasteiger partial charge in [0, 0.05) is 25.9 Å². The summed E-state index contributed by atoms with van der Waals surface area (Å²) in [6.45, 7) is 0.811. The SMILES string of the molecule is CSOCCN1CC(F)(CF)C1. The lowest BCUT2D eigenvalue weighted by molar-refractivity contribution is -0.0505. The number of rotatable bonds is 5. The van der Waals surface area contributed by atoms with Crippen LogP contribution < -0.4 is 0 Å². The molecule has 1 saturated heterocycles. The van der Waals surface area contributed by atoms with Gasteiger partial charge in [0.2, 0.25) is 0 Å². The van der Waals surface area contributed by atoms with E-state index in [1.54, 1.807) is 0 Å². The monoisotopic (exact) mass is 197 g/mol. The van der Waals surface area contributed by atoms with Crippen molar-refractivity contribution in [2.45, 2.75) is 5.67 Å². The Balaban J connectivity index is 2.02. The molecule has 1 rings (SSSR count). The third kappa shape index (κ3) is 2.57. The van der Waals surface area contributed by atoms with Gasteiger partial charge in [-0.25, -0.2) is 8.78 Å². The average molecular weight is 197 g/mol. The van der Waals surface area contributed by atoms with E-state index in [0.717, 1.165) is 0 Å². The Morgan fingerprint density at radius 2 is 2.25 bits per heavy atom. The molecule has 2 nitrogen and oxygen atoms in total. The molecule has 0 aromatic heterocycles. The zero-order valence-corrected chi connectivity index (χ0v) is 7.87. The highest BCUT2D eigenvalue weighted by atomic mass is 32.2. The summed E-state index contributed by atoms with van der Waals surface area (Å²) >= 11 is 1.29. The molecule has 0 atom stereocenters. The smallest absolute Gasteiger partial charge is 0.164 e. The highest BCUT2D eigenvalue weighted by Crippen LogP contribution is 2.25. The molecular weight excluding hydrogens is 184 g/mol. The van der Waals surface area contributed by atoms with Gasteiger partial charge in [-0.3, -0.25) is 4.90 Å². The second-order valence-corrected chi connectivity index (χ2v) is 3.55. The zero-order valence-electron chi connectivity index (χ0n) is 7.06. The van der Waals surface area contributed by atoms with Gasteiger partial charge in [-0.1, -0.05) is 0 Å². The van der Waals surface area contributed by atoms with Crippen LogP contribution in [-0.4, -0.2) is 49.7 Å². The van der Waals surface area contributed by atoms with Gasteiger partial charge in [0.1, 0.15) is 6.67 Å². The topological polar surface area (TPSA) is 12.5 Å². The Hall–Kier alpha value is 0.130. The third-order valence-electron chi connectivity index (χ3n) is 1.86. The highest BCUT2D eigenvalue weighted by Gasteiger charge is 2.43. The molecule has 1 heterocycles. The molecule has 72 valence electrons. The van der Waals surface area contributed by atoms with Crippen LogP contribution >= 0.6 is 12.0 Å². The van der Waals surface area contributed by atoms with Gasteiger partial charge in [0.25, 0.3) is 0 Å². The Kier molecular flexibility index (Phi) is 3.74. The minimum absolute atomic E-state index is 0.210. The first-order chi connectivity index (χ1) is 5.70. The highest BCUT2D eigenvalue weighted by molar-refractivity contribution is 7.93. The van der Waals surface area contributed by atoms with Crippen molar-refractivity contribution in [2.24, 2.45) is 0 Å². The number of likely N-dealkylation sites (tertiary alicyclic amines) is 1. The quantitative estimate of drug-likeness (QED) is 0.486. The molecule has 1 fully saturated rings. The van der Waals surface area contributed by atoms with Crippen molar-refractivity contribution in [2.75, 3.05) is 39.2 Å². The van der Waals surface area contributed by atoms with Crippen LogP contribution in [0, 0.1) is 0 Å². The molecule has 0 bridgehead atoms. The van der Waals surface area contributed by atoms with Crippen LogP contribution in [0.15, 0.2) is 0 Å². The van der Waals surface area contributed by atoms with E-state index in [9.17, 15) is 8.78 Å². The van der Waals surface area contributed by atoms with Gasteiger partial charge < -0.3 is 4.18 Å². The lowest BCUT2D eigenvalue weighted by Crippen LogP contribution is -2.60. The van der Waals surface area contributed by atoms with Crippen molar-refractivity contribution in [1.29, 1.82) is 0 Å². The predicted octanol–water partition coefficient (Wildman–Crippen LogP) is 1.27. The first-order valence-electron chi connectivity index (χ1n) is 3.83. The van der Waals surface area contributed by atoms with Crippen LogP contribution in [0.1, 0.15) is 0 Å². The van der Waals surface area contributed by atoms with Gasteiger partial charge in [0.15, 0.2) is 5.67 Å². The molecule has 5 heteroatoms. The normalized spacial score (nSPS) is 22.2. The van der Waals surface area contributed by atoms with Crippen LogP contribution in [0.5, 0.6) is 0 Å². The molecule has 0 amide bonds. The fourth-order valence-corrected chi connectivity index (χ4v) is 1.49. The van der Waals surface area contributed by atoms with Crippen LogP contribution in [0.25, 0.3) is 0 Å². The lowest BCUT2D eigenvalue weighted by atomic mass is 9.98. The van der Waals surface area contributed by atoms with Crippen molar-refractivity contribution < 1.29 is 13.0 Å². The fourth-order valence-electron chi connectivity index (χ4n) is 1.25. The van der Waals surface area contributed by atoms with Crippen molar-refractivity contribution in [3.63, 3.8) is 0 Å². The first-order valence-corrected chi connectivity index (χ1v) is 4.98. The second-order valence-electron chi connectivity index (χ2n) is 2.98. The summed E-state index contributed by atoms with van der Waals surface area (Å²) in [5.74, 6) is 0. The number of halogens is 2. The zero-order chi connectivity index (χ0) is 9.03. The minimum Gasteiger partial charge on any atom is -0.314 e. The van der Waals surface area contributed by atoms with Gasteiger partial charge in [0.05, 0.1) is 6.61 Å². The maximum absolute atomic E-state index is 12.9.